The van der Waals surface area contributed by atoms with E-state index in [2.05, 4.69) is 5.11 Å². The van der Waals surface area contributed by atoms with Crippen LogP contribution in [0, 0.1) is 0 Å². The maximum atomic E-state index is 10.3. The third kappa shape index (κ3) is 7.43. The Morgan fingerprint density at radius 1 is 1.44 bits per heavy atom. The molecule has 0 aromatic rings. The molecule has 0 fully saturated rings. The van der Waals surface area contributed by atoms with Gasteiger partial charge >= 0.3 is 5.97 Å². The first kappa shape index (κ1) is 6.55. The fourth-order valence-electron chi connectivity index (χ4n) is 0.558. The van der Waals surface area contributed by atoms with E-state index in [-0.39, 0.29) is 13.0 Å². The van der Waals surface area contributed by atoms with Crippen molar-refractivity contribution in [3.05, 3.63) is 0 Å². The van der Waals surface area contributed by atoms with Crippen LogP contribution in [0.3, 0.4) is 0 Å². The molecule has 2 N–H and O–H groups in total. The summed E-state index contributed by atoms with van der Waals surface area (Å²) in [5.41, 5.74) is 0. The molecule has 0 heterocycles. The highest BCUT2D eigenvalue weighted by Crippen LogP contribution is 1.97. The second-order valence-corrected chi connectivity index (χ2v) is 1.91. The highest BCUT2D eigenvalue weighted by atomic mass is 16.4. The average Bonchev–Trinajstić information content (AvgIpc) is 1.98. The van der Waals surface area contributed by atoms with Gasteiger partial charge in [-0.25, -0.2) is 0 Å². The number of hydrogen-bond donors (Lipinski definition) is 2. The second-order valence-electron chi connectivity index (χ2n) is 1.91. The van der Waals surface area contributed by atoms with E-state index in [4.69, 9.17) is 6.54 Å². The minimum absolute atomic E-state index is 0.163. The SMILES string of the molecule is [2H]OC(=O)CCCCCO. The number of unbranched alkanes of at least 4 members (excludes halogenated alkanes) is 2. The number of aliphatic carboxylic acids is 1. The van der Waals surface area contributed by atoms with Crippen molar-refractivity contribution in [2.75, 3.05) is 6.61 Å². The molecule has 0 atom stereocenters. The maximum absolute atomic E-state index is 10.3. The zero-order valence-electron chi connectivity index (χ0n) is 6.30. The lowest BCUT2D eigenvalue weighted by molar-refractivity contribution is -0.137. The molecule has 0 spiro atoms. The number of carboxylic acids is 1. The van der Waals surface area contributed by atoms with Gasteiger partial charge in [-0.15, -0.1) is 0 Å². The molecule has 3 nitrogen and oxygen atoms in total. The molecular formula is C6H12O3. The zero-order valence-corrected chi connectivity index (χ0v) is 5.30. The van der Waals surface area contributed by atoms with Crippen LogP contribution in [0.15, 0.2) is 0 Å². The summed E-state index contributed by atoms with van der Waals surface area (Å²) in [6.07, 6.45) is 2.50. The molecule has 54 valence electrons. The Morgan fingerprint density at radius 3 is 2.78 bits per heavy atom. The van der Waals surface area contributed by atoms with E-state index in [0.29, 0.717) is 12.8 Å². The largest absolute Gasteiger partial charge is 0.481 e. The fourth-order valence-corrected chi connectivity index (χ4v) is 0.558. The van der Waals surface area contributed by atoms with Crippen LogP contribution in [0.25, 0.3) is 1.43 Å². The van der Waals surface area contributed by atoms with Crippen molar-refractivity contribution in [2.24, 2.45) is 0 Å². The molecule has 0 saturated heterocycles. The van der Waals surface area contributed by atoms with Crippen LogP contribution in [-0.4, -0.2) is 22.8 Å². The van der Waals surface area contributed by atoms with Crippen molar-refractivity contribution in [1.29, 1.82) is 1.43 Å². The van der Waals surface area contributed by atoms with Crippen LogP contribution in [0.5, 0.6) is 0 Å². The van der Waals surface area contributed by atoms with Crippen LogP contribution < -0.4 is 0 Å². The first-order valence-electron chi connectivity index (χ1n) is 3.49. The number of carbonyl (C=O) groups is 1. The Morgan fingerprint density at radius 2 is 2.22 bits per heavy atom. The molecule has 0 aliphatic rings. The first-order chi connectivity index (χ1) is 4.81. The predicted molar refractivity (Wildman–Crippen MR) is 33.2 cm³/mol. The van der Waals surface area contributed by atoms with Crippen molar-refractivity contribution in [3.63, 3.8) is 0 Å². The molecule has 3 heteroatoms. The highest BCUT2D eigenvalue weighted by molar-refractivity contribution is 5.66. The van der Waals surface area contributed by atoms with Gasteiger partial charge in [-0.1, -0.05) is 6.42 Å². The minimum atomic E-state index is -0.502. The third-order valence-electron chi connectivity index (χ3n) is 1.04. The van der Waals surface area contributed by atoms with Gasteiger partial charge in [0, 0.05) is 13.0 Å². The van der Waals surface area contributed by atoms with E-state index in [1.165, 1.54) is 0 Å². The molecule has 0 unspecified atom stereocenters. The van der Waals surface area contributed by atoms with Crippen molar-refractivity contribution < 1.29 is 15.0 Å². The fraction of sp³-hybridized carbons (Fsp3) is 0.833. The molecular weight excluding hydrogens is 120 g/mol. The van der Waals surface area contributed by atoms with E-state index < -0.39 is 5.97 Å². The molecule has 9 heavy (non-hydrogen) atoms. The van der Waals surface area contributed by atoms with Crippen LogP contribution >= 0.6 is 0 Å². The molecule has 0 radical (unpaired) electrons. The van der Waals surface area contributed by atoms with E-state index in [1.807, 2.05) is 0 Å². The van der Waals surface area contributed by atoms with Gasteiger partial charge in [0.25, 0.3) is 1.43 Å². The van der Waals surface area contributed by atoms with Gasteiger partial charge < -0.3 is 10.2 Å². The van der Waals surface area contributed by atoms with Crippen molar-refractivity contribution >= 4 is 5.97 Å². The van der Waals surface area contributed by atoms with Gasteiger partial charge in [-0.3, -0.25) is 4.79 Å². The molecule has 0 rings (SSSR count). The number of aliphatic hydroxyl groups excluding tert-OH is 1. The van der Waals surface area contributed by atoms with Gasteiger partial charge in [0.15, 0.2) is 0 Å². The number of rotatable bonds is 5. The summed E-state index contributed by atoms with van der Waals surface area (Å²) in [6.45, 7) is 0.163. The monoisotopic (exact) mass is 133 g/mol. The van der Waals surface area contributed by atoms with E-state index in [1.54, 1.807) is 0 Å². The molecule has 0 aliphatic carbocycles. The lowest BCUT2D eigenvalue weighted by Gasteiger charge is -1.92. The quantitative estimate of drug-likeness (QED) is 0.540. The Balaban J connectivity index is 2.96. The Bertz CT molecular complexity index is 95.0. The molecule has 0 aromatic heterocycles. The summed E-state index contributed by atoms with van der Waals surface area (Å²) in [7, 11) is 0. The van der Waals surface area contributed by atoms with Crippen molar-refractivity contribution in [2.45, 2.75) is 25.7 Å². The zero-order chi connectivity index (χ0) is 7.82. The smallest absolute Gasteiger partial charge is 0.303 e. The number of aliphatic hydroxyl groups is 1. The number of carboxylic acid groups (broad SMARTS) is 1. The van der Waals surface area contributed by atoms with Crippen molar-refractivity contribution in [3.8, 4) is 0 Å². The summed E-state index contributed by atoms with van der Waals surface area (Å²) in [6, 6.07) is 0. The van der Waals surface area contributed by atoms with Gasteiger partial charge in [0.05, 0.1) is 0 Å². The van der Waals surface area contributed by atoms with E-state index in [0.717, 1.165) is 6.42 Å². The summed E-state index contributed by atoms with van der Waals surface area (Å²) in [5, 5.41) is 12.0. The van der Waals surface area contributed by atoms with Crippen molar-refractivity contribution in [1.82, 2.24) is 0 Å². The summed E-state index contributed by atoms with van der Waals surface area (Å²) >= 11 is 0. The summed E-state index contributed by atoms with van der Waals surface area (Å²) in [5.74, 6) is -0.502. The Kier molecular flexibility index (Phi) is 4.05. The average molecular weight is 133 g/mol. The van der Waals surface area contributed by atoms with E-state index in [9.17, 15) is 4.79 Å². The normalized spacial score (nSPS) is 10.6. The molecule has 0 aliphatic heterocycles. The van der Waals surface area contributed by atoms with Crippen LogP contribution in [0.4, 0.5) is 0 Å². The second kappa shape index (κ2) is 5.56. The topological polar surface area (TPSA) is 57.5 Å². The predicted octanol–water partition coefficient (Wildman–Crippen LogP) is 0.624. The maximum Gasteiger partial charge on any atom is 0.303 e. The van der Waals surface area contributed by atoms with E-state index >= 15 is 0 Å². The molecule has 0 amide bonds. The van der Waals surface area contributed by atoms with Gasteiger partial charge in [-0.2, -0.15) is 0 Å². The van der Waals surface area contributed by atoms with Crippen LogP contribution in [0.2, 0.25) is 0 Å². The standard InChI is InChI=1S/C6H12O3/c7-5-3-1-2-4-6(8)9/h7H,1-5H2,(H,8,9)/i/hD. The first-order valence-corrected chi connectivity index (χ1v) is 3.08. The summed E-state index contributed by atoms with van der Waals surface area (Å²) < 4.78 is 6.19. The van der Waals surface area contributed by atoms with Gasteiger partial charge in [0.1, 0.15) is 0 Å². The van der Waals surface area contributed by atoms with Crippen LogP contribution in [0.1, 0.15) is 25.7 Å². The Labute approximate surface area is 55.8 Å². The van der Waals surface area contributed by atoms with Crippen LogP contribution in [-0.2, 0) is 4.79 Å². The highest BCUT2D eigenvalue weighted by Gasteiger charge is 1.94. The molecule has 0 bridgehead atoms. The minimum Gasteiger partial charge on any atom is -0.481 e. The lowest BCUT2D eigenvalue weighted by atomic mass is 10.2. The Hall–Kier alpha value is -0.570. The number of hydrogen-bond acceptors (Lipinski definition) is 3. The third-order valence-corrected chi connectivity index (χ3v) is 1.04. The molecule has 0 aromatic carbocycles. The summed E-state index contributed by atoms with van der Waals surface area (Å²) in [4.78, 5) is 10.3. The lowest BCUT2D eigenvalue weighted by Crippen LogP contribution is -1.94. The molecule has 0 saturated carbocycles. The van der Waals surface area contributed by atoms with Gasteiger partial charge in [0.2, 0.25) is 0 Å². The van der Waals surface area contributed by atoms with Gasteiger partial charge in [-0.05, 0) is 12.8 Å².